The minimum atomic E-state index is 0.200. The first kappa shape index (κ1) is 12.9. The highest BCUT2D eigenvalue weighted by Gasteiger charge is 2.10. The summed E-state index contributed by atoms with van der Waals surface area (Å²) < 4.78 is 2.31. The molecule has 0 spiro atoms. The van der Waals surface area contributed by atoms with Gasteiger partial charge in [-0.1, -0.05) is 12.1 Å². The van der Waals surface area contributed by atoms with Gasteiger partial charge in [0.25, 0.3) is 0 Å². The lowest BCUT2D eigenvalue weighted by atomic mass is 10.0. The Labute approximate surface area is 109 Å². The smallest absolute Gasteiger partial charge is 0.0486 e. The van der Waals surface area contributed by atoms with E-state index in [1.807, 2.05) is 0 Å². The van der Waals surface area contributed by atoms with Crippen LogP contribution in [0.3, 0.4) is 0 Å². The van der Waals surface area contributed by atoms with Crippen LogP contribution >= 0.6 is 0 Å². The molecule has 18 heavy (non-hydrogen) atoms. The molecule has 2 rings (SSSR count). The summed E-state index contributed by atoms with van der Waals surface area (Å²) in [6.07, 6.45) is 0.930. The third-order valence-electron chi connectivity index (χ3n) is 3.47. The van der Waals surface area contributed by atoms with Crippen molar-refractivity contribution in [3.63, 3.8) is 0 Å². The Bertz CT molecular complexity index is 531. The summed E-state index contributed by atoms with van der Waals surface area (Å²) in [4.78, 5) is 0. The molecule has 0 aliphatic heterocycles. The van der Waals surface area contributed by atoms with Gasteiger partial charge in [-0.05, 0) is 63.4 Å². The maximum atomic E-state index is 5.92. The fourth-order valence-electron chi connectivity index (χ4n) is 2.53. The molecular formula is C16H22N2. The van der Waals surface area contributed by atoms with E-state index in [1.54, 1.807) is 0 Å². The minimum Gasteiger partial charge on any atom is -0.328 e. The highest BCUT2D eigenvalue weighted by atomic mass is 15.0. The molecule has 0 bridgehead atoms. The SMILES string of the molecule is Cc1c(C[C@@H](C)N)cccc1-n1c(C)ccc1C. The Morgan fingerprint density at radius 3 is 2.22 bits per heavy atom. The summed E-state index contributed by atoms with van der Waals surface area (Å²) in [6.45, 7) is 8.53. The number of rotatable bonds is 3. The fraction of sp³-hybridized carbons (Fsp3) is 0.375. The second-order valence-corrected chi connectivity index (χ2v) is 5.19. The van der Waals surface area contributed by atoms with Crippen molar-refractivity contribution in [3.8, 4) is 5.69 Å². The van der Waals surface area contributed by atoms with Crippen LogP contribution in [-0.4, -0.2) is 10.6 Å². The standard InChI is InChI=1S/C16H22N2/c1-11(17)10-15-6-5-7-16(14(15)4)18-12(2)8-9-13(18)3/h5-9,11H,10,17H2,1-4H3/t11-/m1/s1. The van der Waals surface area contributed by atoms with E-state index in [0.29, 0.717) is 0 Å². The predicted molar refractivity (Wildman–Crippen MR) is 77.3 cm³/mol. The molecule has 1 atom stereocenters. The number of hydrogen-bond acceptors (Lipinski definition) is 1. The monoisotopic (exact) mass is 242 g/mol. The molecule has 0 saturated carbocycles. The Balaban J connectivity index is 2.53. The molecule has 96 valence electrons. The molecule has 0 unspecified atom stereocenters. The van der Waals surface area contributed by atoms with E-state index in [9.17, 15) is 0 Å². The first-order valence-electron chi connectivity index (χ1n) is 6.50. The van der Waals surface area contributed by atoms with Crippen LogP contribution in [0.4, 0.5) is 0 Å². The van der Waals surface area contributed by atoms with E-state index in [4.69, 9.17) is 5.73 Å². The van der Waals surface area contributed by atoms with Crippen molar-refractivity contribution in [1.29, 1.82) is 0 Å². The molecule has 0 fully saturated rings. The first-order valence-corrected chi connectivity index (χ1v) is 6.50. The summed E-state index contributed by atoms with van der Waals surface area (Å²) in [5, 5.41) is 0. The van der Waals surface area contributed by atoms with E-state index in [2.05, 4.69) is 62.6 Å². The highest BCUT2D eigenvalue weighted by molar-refractivity contribution is 5.48. The summed E-state index contributed by atoms with van der Waals surface area (Å²) in [5.41, 5.74) is 12.4. The molecule has 2 heteroatoms. The average Bonchev–Trinajstić information content (AvgIpc) is 2.62. The second kappa shape index (κ2) is 4.99. The topological polar surface area (TPSA) is 30.9 Å². The average molecular weight is 242 g/mol. The van der Waals surface area contributed by atoms with Crippen molar-refractivity contribution >= 4 is 0 Å². The van der Waals surface area contributed by atoms with Crippen LogP contribution in [0.25, 0.3) is 5.69 Å². The van der Waals surface area contributed by atoms with Gasteiger partial charge >= 0.3 is 0 Å². The summed E-state index contributed by atoms with van der Waals surface area (Å²) in [6, 6.07) is 11.0. The van der Waals surface area contributed by atoms with Crippen molar-refractivity contribution in [2.75, 3.05) is 0 Å². The van der Waals surface area contributed by atoms with Gasteiger partial charge in [0.2, 0.25) is 0 Å². The molecule has 1 aromatic heterocycles. The third-order valence-corrected chi connectivity index (χ3v) is 3.47. The molecule has 0 saturated heterocycles. The quantitative estimate of drug-likeness (QED) is 0.879. The van der Waals surface area contributed by atoms with Gasteiger partial charge in [-0.25, -0.2) is 0 Å². The van der Waals surface area contributed by atoms with Crippen LogP contribution in [0.5, 0.6) is 0 Å². The van der Waals surface area contributed by atoms with Gasteiger partial charge < -0.3 is 10.3 Å². The van der Waals surface area contributed by atoms with E-state index in [-0.39, 0.29) is 6.04 Å². The number of aryl methyl sites for hydroxylation is 2. The van der Waals surface area contributed by atoms with E-state index in [0.717, 1.165) is 6.42 Å². The Kier molecular flexibility index (Phi) is 3.58. The second-order valence-electron chi connectivity index (χ2n) is 5.19. The van der Waals surface area contributed by atoms with Gasteiger partial charge in [0.1, 0.15) is 0 Å². The van der Waals surface area contributed by atoms with Crippen LogP contribution in [0.1, 0.15) is 29.4 Å². The summed E-state index contributed by atoms with van der Waals surface area (Å²) >= 11 is 0. The summed E-state index contributed by atoms with van der Waals surface area (Å²) in [7, 11) is 0. The molecule has 0 aliphatic rings. The number of aromatic nitrogens is 1. The molecule has 2 N–H and O–H groups in total. The molecule has 0 radical (unpaired) electrons. The van der Waals surface area contributed by atoms with Crippen LogP contribution in [-0.2, 0) is 6.42 Å². The minimum absolute atomic E-state index is 0.200. The van der Waals surface area contributed by atoms with Crippen LogP contribution in [0.15, 0.2) is 30.3 Å². The molecule has 1 heterocycles. The molecule has 0 amide bonds. The molecular weight excluding hydrogens is 220 g/mol. The fourth-order valence-corrected chi connectivity index (χ4v) is 2.53. The molecule has 1 aromatic carbocycles. The van der Waals surface area contributed by atoms with Gasteiger partial charge in [0, 0.05) is 23.1 Å². The number of nitrogens with two attached hydrogens (primary N) is 1. The lowest BCUT2D eigenvalue weighted by Crippen LogP contribution is -2.18. The number of benzene rings is 1. The van der Waals surface area contributed by atoms with Crippen LogP contribution in [0, 0.1) is 20.8 Å². The van der Waals surface area contributed by atoms with Gasteiger partial charge in [-0.2, -0.15) is 0 Å². The third kappa shape index (κ3) is 2.34. The van der Waals surface area contributed by atoms with Gasteiger partial charge in [0.15, 0.2) is 0 Å². The lowest BCUT2D eigenvalue weighted by molar-refractivity contribution is 0.733. The maximum Gasteiger partial charge on any atom is 0.0486 e. The zero-order valence-electron chi connectivity index (χ0n) is 11.7. The van der Waals surface area contributed by atoms with Crippen molar-refractivity contribution < 1.29 is 0 Å². The largest absolute Gasteiger partial charge is 0.328 e. The van der Waals surface area contributed by atoms with Crippen LogP contribution < -0.4 is 5.73 Å². The number of nitrogens with zero attached hydrogens (tertiary/aromatic N) is 1. The molecule has 0 aliphatic carbocycles. The van der Waals surface area contributed by atoms with E-state index in [1.165, 1.54) is 28.2 Å². The maximum absolute atomic E-state index is 5.92. The van der Waals surface area contributed by atoms with Gasteiger partial charge in [-0.15, -0.1) is 0 Å². The van der Waals surface area contributed by atoms with Gasteiger partial charge in [0.05, 0.1) is 0 Å². The van der Waals surface area contributed by atoms with Crippen molar-refractivity contribution in [1.82, 2.24) is 4.57 Å². The molecule has 2 nitrogen and oxygen atoms in total. The Morgan fingerprint density at radius 2 is 1.67 bits per heavy atom. The zero-order chi connectivity index (χ0) is 13.3. The predicted octanol–water partition coefficient (Wildman–Crippen LogP) is 3.29. The lowest BCUT2D eigenvalue weighted by Gasteiger charge is -2.16. The number of hydrogen-bond donors (Lipinski definition) is 1. The first-order chi connectivity index (χ1) is 8.50. The normalized spacial score (nSPS) is 12.7. The van der Waals surface area contributed by atoms with Crippen molar-refractivity contribution in [2.24, 2.45) is 5.73 Å². The van der Waals surface area contributed by atoms with E-state index >= 15 is 0 Å². The van der Waals surface area contributed by atoms with Crippen LogP contribution in [0.2, 0.25) is 0 Å². The van der Waals surface area contributed by atoms with E-state index < -0.39 is 0 Å². The van der Waals surface area contributed by atoms with Crippen molar-refractivity contribution in [2.45, 2.75) is 40.2 Å². The summed E-state index contributed by atoms with van der Waals surface area (Å²) in [5.74, 6) is 0. The zero-order valence-corrected chi connectivity index (χ0v) is 11.7. The Hall–Kier alpha value is -1.54. The Morgan fingerprint density at radius 1 is 1.06 bits per heavy atom. The van der Waals surface area contributed by atoms with Crippen molar-refractivity contribution in [3.05, 3.63) is 52.8 Å². The highest BCUT2D eigenvalue weighted by Crippen LogP contribution is 2.23. The van der Waals surface area contributed by atoms with Gasteiger partial charge in [-0.3, -0.25) is 0 Å². The molecule has 2 aromatic rings.